The molecule has 33 heavy (non-hydrogen) atoms. The van der Waals surface area contributed by atoms with Crippen molar-refractivity contribution in [1.82, 2.24) is 24.8 Å². The predicted molar refractivity (Wildman–Crippen MR) is 131 cm³/mol. The second kappa shape index (κ2) is 10.1. The number of nitrogens with one attached hydrogen (secondary N) is 2. The van der Waals surface area contributed by atoms with Crippen molar-refractivity contribution in [1.29, 1.82) is 0 Å². The van der Waals surface area contributed by atoms with Gasteiger partial charge in [-0.05, 0) is 37.7 Å². The van der Waals surface area contributed by atoms with Crippen molar-refractivity contribution in [2.75, 3.05) is 48.8 Å². The van der Waals surface area contributed by atoms with E-state index in [1.807, 2.05) is 26.0 Å². The number of amides is 1. The van der Waals surface area contributed by atoms with E-state index < -0.39 is 0 Å². The van der Waals surface area contributed by atoms with E-state index in [4.69, 9.17) is 11.6 Å². The second-order valence-electron chi connectivity index (χ2n) is 7.96. The van der Waals surface area contributed by atoms with E-state index in [-0.39, 0.29) is 5.91 Å². The summed E-state index contributed by atoms with van der Waals surface area (Å²) in [4.78, 5) is 35.1. The fourth-order valence-corrected chi connectivity index (χ4v) is 3.73. The Morgan fingerprint density at radius 3 is 2.55 bits per heavy atom. The molecule has 0 unspecified atom stereocenters. The van der Waals surface area contributed by atoms with E-state index in [1.54, 1.807) is 18.2 Å². The lowest BCUT2D eigenvalue weighted by molar-refractivity contribution is 0.102. The van der Waals surface area contributed by atoms with E-state index in [9.17, 15) is 4.79 Å². The number of carbonyl (C=O) groups excluding carboxylic acids is 1. The number of likely N-dealkylation sites (N-methyl/N-ethyl adjacent to an activating group) is 1. The van der Waals surface area contributed by atoms with Crippen LogP contribution in [0.3, 0.4) is 0 Å². The Labute approximate surface area is 198 Å². The maximum absolute atomic E-state index is 12.6. The minimum Gasteiger partial charge on any atom is -0.338 e. The molecule has 2 N–H and O–H groups in total. The molecule has 4 rings (SSSR count). The Hall–Kier alpha value is -3.30. The molecule has 1 aromatic carbocycles. The third-order valence-corrected chi connectivity index (χ3v) is 5.81. The third-order valence-electron chi connectivity index (χ3n) is 5.50. The largest absolute Gasteiger partial charge is 0.338 e. The molecular formula is C23H27ClN8O. The molecule has 0 spiro atoms. The SMILES string of the molecule is CCc1nc(Nc2ccc(C(=O)Nc3c(C)cccc3Cl)cn2)nc(N2CCN(C)CC2)n1. The van der Waals surface area contributed by atoms with Crippen LogP contribution in [0.4, 0.5) is 23.4 Å². The predicted octanol–water partition coefficient (Wildman–Crippen LogP) is 3.54. The molecule has 1 saturated heterocycles. The average Bonchev–Trinajstić information content (AvgIpc) is 2.82. The molecule has 2 aromatic heterocycles. The fourth-order valence-electron chi connectivity index (χ4n) is 3.46. The van der Waals surface area contributed by atoms with Crippen LogP contribution < -0.4 is 15.5 Å². The van der Waals surface area contributed by atoms with Crippen LogP contribution in [0.1, 0.15) is 28.7 Å². The summed E-state index contributed by atoms with van der Waals surface area (Å²) in [7, 11) is 2.11. The van der Waals surface area contributed by atoms with Crippen LogP contribution in [0.5, 0.6) is 0 Å². The molecule has 10 heteroatoms. The summed E-state index contributed by atoms with van der Waals surface area (Å²) < 4.78 is 0. The number of aryl methyl sites for hydroxylation is 2. The van der Waals surface area contributed by atoms with Gasteiger partial charge in [-0.1, -0.05) is 30.7 Å². The summed E-state index contributed by atoms with van der Waals surface area (Å²) in [5.41, 5.74) is 1.91. The van der Waals surface area contributed by atoms with Gasteiger partial charge in [-0.25, -0.2) is 4.98 Å². The van der Waals surface area contributed by atoms with Crippen molar-refractivity contribution in [3.8, 4) is 0 Å². The van der Waals surface area contributed by atoms with Crippen LogP contribution in [0.25, 0.3) is 0 Å². The highest BCUT2D eigenvalue weighted by Gasteiger charge is 2.18. The zero-order valence-electron chi connectivity index (χ0n) is 19.0. The van der Waals surface area contributed by atoms with Crippen molar-refractivity contribution in [2.24, 2.45) is 0 Å². The summed E-state index contributed by atoms with van der Waals surface area (Å²) in [6.07, 6.45) is 2.21. The molecule has 0 atom stereocenters. The van der Waals surface area contributed by atoms with E-state index in [0.717, 1.165) is 31.7 Å². The molecule has 9 nitrogen and oxygen atoms in total. The van der Waals surface area contributed by atoms with Gasteiger partial charge in [-0.2, -0.15) is 15.0 Å². The number of para-hydroxylation sites is 1. The maximum atomic E-state index is 12.6. The maximum Gasteiger partial charge on any atom is 0.257 e. The number of rotatable bonds is 6. The Morgan fingerprint density at radius 1 is 1.09 bits per heavy atom. The number of piperazine rings is 1. The molecular weight excluding hydrogens is 440 g/mol. The number of halogens is 1. The molecule has 3 heterocycles. The Kier molecular flexibility index (Phi) is 7.00. The molecule has 0 saturated carbocycles. The Morgan fingerprint density at radius 2 is 1.88 bits per heavy atom. The van der Waals surface area contributed by atoms with Crippen LogP contribution in [-0.2, 0) is 6.42 Å². The van der Waals surface area contributed by atoms with Crippen molar-refractivity contribution in [3.63, 3.8) is 0 Å². The fraction of sp³-hybridized carbons (Fsp3) is 0.348. The molecule has 1 aliphatic rings. The van der Waals surface area contributed by atoms with Gasteiger partial charge in [0.2, 0.25) is 11.9 Å². The monoisotopic (exact) mass is 466 g/mol. The van der Waals surface area contributed by atoms with Gasteiger partial charge in [0.25, 0.3) is 5.91 Å². The van der Waals surface area contributed by atoms with Crippen LogP contribution in [-0.4, -0.2) is 64.0 Å². The lowest BCUT2D eigenvalue weighted by Gasteiger charge is -2.32. The zero-order chi connectivity index (χ0) is 23.4. The summed E-state index contributed by atoms with van der Waals surface area (Å²) >= 11 is 6.21. The van der Waals surface area contributed by atoms with Crippen molar-refractivity contribution in [3.05, 3.63) is 58.5 Å². The molecule has 0 radical (unpaired) electrons. The molecule has 0 aliphatic carbocycles. The minimum atomic E-state index is -0.281. The first-order chi connectivity index (χ1) is 15.9. The van der Waals surface area contributed by atoms with E-state index in [0.29, 0.717) is 46.2 Å². The highest BCUT2D eigenvalue weighted by atomic mass is 35.5. The number of aromatic nitrogens is 4. The number of hydrogen-bond acceptors (Lipinski definition) is 8. The van der Waals surface area contributed by atoms with Gasteiger partial charge in [0.15, 0.2) is 0 Å². The van der Waals surface area contributed by atoms with Gasteiger partial charge < -0.3 is 20.4 Å². The van der Waals surface area contributed by atoms with Crippen molar-refractivity contribution < 1.29 is 4.79 Å². The number of nitrogens with zero attached hydrogens (tertiary/aromatic N) is 6. The topological polar surface area (TPSA) is 99.2 Å². The van der Waals surface area contributed by atoms with Gasteiger partial charge in [-0.3, -0.25) is 4.79 Å². The van der Waals surface area contributed by atoms with Crippen LogP contribution in [0.2, 0.25) is 5.02 Å². The number of carbonyl (C=O) groups is 1. The normalized spacial score (nSPS) is 14.2. The van der Waals surface area contributed by atoms with Gasteiger partial charge in [0.05, 0.1) is 16.3 Å². The molecule has 1 aliphatic heterocycles. The second-order valence-corrected chi connectivity index (χ2v) is 8.37. The summed E-state index contributed by atoms with van der Waals surface area (Å²) in [6, 6.07) is 8.89. The average molecular weight is 467 g/mol. The van der Waals surface area contributed by atoms with E-state index in [2.05, 4.69) is 47.4 Å². The summed E-state index contributed by atoms with van der Waals surface area (Å²) in [5, 5.41) is 6.48. The zero-order valence-corrected chi connectivity index (χ0v) is 19.7. The van der Waals surface area contributed by atoms with Crippen LogP contribution >= 0.6 is 11.6 Å². The molecule has 1 amide bonds. The van der Waals surface area contributed by atoms with Gasteiger partial charge in [0, 0.05) is 38.8 Å². The van der Waals surface area contributed by atoms with Crippen molar-refractivity contribution in [2.45, 2.75) is 20.3 Å². The molecule has 1 fully saturated rings. The molecule has 0 bridgehead atoms. The summed E-state index contributed by atoms with van der Waals surface area (Å²) in [5.74, 6) is 2.08. The van der Waals surface area contributed by atoms with Crippen LogP contribution in [0.15, 0.2) is 36.5 Å². The smallest absolute Gasteiger partial charge is 0.257 e. The van der Waals surface area contributed by atoms with E-state index >= 15 is 0 Å². The number of hydrogen-bond donors (Lipinski definition) is 2. The first-order valence-corrected chi connectivity index (χ1v) is 11.3. The first kappa shape index (κ1) is 22.9. The standard InChI is InChI=1S/C23H27ClN8O/c1-4-18-26-22(30-23(28-18)32-12-10-31(3)11-13-32)27-19-9-8-16(14-25-19)21(33)29-20-15(2)6-5-7-17(20)24/h5-9,14H,4,10-13H2,1-3H3,(H,29,33)(H,25,26,27,28,30). The Balaban J connectivity index is 1.47. The van der Waals surface area contributed by atoms with Crippen LogP contribution in [0, 0.1) is 6.92 Å². The highest BCUT2D eigenvalue weighted by molar-refractivity contribution is 6.34. The quantitative estimate of drug-likeness (QED) is 0.569. The first-order valence-electron chi connectivity index (χ1n) is 10.9. The third kappa shape index (κ3) is 5.55. The Bertz CT molecular complexity index is 1110. The lowest BCUT2D eigenvalue weighted by Crippen LogP contribution is -2.45. The number of benzene rings is 1. The summed E-state index contributed by atoms with van der Waals surface area (Å²) in [6.45, 7) is 7.58. The van der Waals surface area contributed by atoms with Crippen molar-refractivity contribution >= 4 is 40.9 Å². The lowest BCUT2D eigenvalue weighted by atomic mass is 10.2. The van der Waals surface area contributed by atoms with Gasteiger partial charge in [-0.15, -0.1) is 0 Å². The van der Waals surface area contributed by atoms with E-state index in [1.165, 1.54) is 6.20 Å². The molecule has 172 valence electrons. The van der Waals surface area contributed by atoms with Gasteiger partial charge in [0.1, 0.15) is 11.6 Å². The number of anilines is 4. The highest BCUT2D eigenvalue weighted by Crippen LogP contribution is 2.26. The number of pyridine rings is 1. The minimum absolute atomic E-state index is 0.281. The van der Waals surface area contributed by atoms with Gasteiger partial charge >= 0.3 is 0 Å². The molecule has 3 aromatic rings.